The van der Waals surface area contributed by atoms with E-state index < -0.39 is 17.8 Å². The zero-order chi connectivity index (χ0) is 20.1. The summed E-state index contributed by atoms with van der Waals surface area (Å²) in [5.41, 5.74) is 0.290. The number of nitrogens with zero attached hydrogens (tertiary/aromatic N) is 2. The molecule has 1 aliphatic heterocycles. The Balaban J connectivity index is 1.55. The average Bonchev–Trinajstić information content (AvgIpc) is 2.99. The molecule has 2 heterocycles. The SMILES string of the molecule is O=C(CCc1ccncc1)N[C@H]1CC(=O)N(Cc2ccccc2C(F)(F)F)C1. The highest BCUT2D eigenvalue weighted by molar-refractivity contribution is 5.82. The van der Waals surface area contributed by atoms with Gasteiger partial charge in [-0.2, -0.15) is 13.2 Å². The number of amides is 2. The van der Waals surface area contributed by atoms with Crippen molar-refractivity contribution in [3.63, 3.8) is 0 Å². The normalized spacial score (nSPS) is 17.0. The summed E-state index contributed by atoms with van der Waals surface area (Å²) in [5, 5.41) is 2.80. The standard InChI is InChI=1S/C20H20F3N3O2/c21-20(22,23)17-4-2-1-3-15(17)12-26-13-16(11-19(26)28)25-18(27)6-5-14-7-9-24-10-8-14/h1-4,7-10,16H,5-6,11-13H2,(H,25,27)/t16-/m0/s1. The molecule has 1 aromatic carbocycles. The Morgan fingerprint density at radius 3 is 2.61 bits per heavy atom. The second kappa shape index (κ2) is 8.41. The lowest BCUT2D eigenvalue weighted by Crippen LogP contribution is -2.37. The topological polar surface area (TPSA) is 62.3 Å². The lowest BCUT2D eigenvalue weighted by Gasteiger charge is -2.20. The van der Waals surface area contributed by atoms with Crippen LogP contribution < -0.4 is 5.32 Å². The minimum atomic E-state index is -4.47. The van der Waals surface area contributed by atoms with Crippen LogP contribution in [0.25, 0.3) is 0 Å². The molecule has 1 aliphatic rings. The Morgan fingerprint density at radius 2 is 1.89 bits per heavy atom. The highest BCUT2D eigenvalue weighted by atomic mass is 19.4. The van der Waals surface area contributed by atoms with Crippen LogP contribution in [-0.2, 0) is 28.7 Å². The van der Waals surface area contributed by atoms with Gasteiger partial charge in [0, 0.05) is 38.3 Å². The molecule has 28 heavy (non-hydrogen) atoms. The summed E-state index contributed by atoms with van der Waals surface area (Å²) < 4.78 is 39.4. The van der Waals surface area contributed by atoms with E-state index in [4.69, 9.17) is 0 Å². The molecule has 1 N–H and O–H groups in total. The van der Waals surface area contributed by atoms with Crippen LogP contribution in [-0.4, -0.2) is 34.3 Å². The molecule has 0 radical (unpaired) electrons. The van der Waals surface area contributed by atoms with Crippen LogP contribution >= 0.6 is 0 Å². The largest absolute Gasteiger partial charge is 0.416 e. The van der Waals surface area contributed by atoms with Crippen molar-refractivity contribution in [2.45, 2.75) is 38.0 Å². The minimum Gasteiger partial charge on any atom is -0.351 e. The van der Waals surface area contributed by atoms with Crippen molar-refractivity contribution in [2.24, 2.45) is 0 Å². The van der Waals surface area contributed by atoms with Crippen molar-refractivity contribution >= 4 is 11.8 Å². The van der Waals surface area contributed by atoms with E-state index in [1.165, 1.54) is 23.1 Å². The van der Waals surface area contributed by atoms with Gasteiger partial charge in [-0.1, -0.05) is 18.2 Å². The summed E-state index contributed by atoms with van der Waals surface area (Å²) in [6, 6.07) is 8.48. The first-order valence-electron chi connectivity index (χ1n) is 8.94. The third kappa shape index (κ3) is 5.09. The summed E-state index contributed by atoms with van der Waals surface area (Å²) >= 11 is 0. The van der Waals surface area contributed by atoms with Crippen LogP contribution in [0.1, 0.15) is 29.5 Å². The van der Waals surface area contributed by atoms with Gasteiger partial charge in [-0.25, -0.2) is 0 Å². The fraction of sp³-hybridized carbons (Fsp3) is 0.350. The van der Waals surface area contributed by atoms with Crippen molar-refractivity contribution in [3.05, 3.63) is 65.5 Å². The van der Waals surface area contributed by atoms with Gasteiger partial charge >= 0.3 is 6.18 Å². The van der Waals surface area contributed by atoms with E-state index in [0.29, 0.717) is 6.42 Å². The maximum absolute atomic E-state index is 13.1. The molecule has 0 aliphatic carbocycles. The molecule has 1 aromatic heterocycles. The quantitative estimate of drug-likeness (QED) is 0.824. The molecule has 148 valence electrons. The summed E-state index contributed by atoms with van der Waals surface area (Å²) in [5.74, 6) is -0.455. The number of benzene rings is 1. The lowest BCUT2D eigenvalue weighted by atomic mass is 10.1. The number of pyridine rings is 1. The Kier molecular flexibility index (Phi) is 5.96. The van der Waals surface area contributed by atoms with Crippen LogP contribution in [0.3, 0.4) is 0 Å². The molecule has 0 saturated carbocycles. The number of carbonyl (C=O) groups excluding carboxylic acids is 2. The van der Waals surface area contributed by atoms with Crippen LogP contribution in [0.5, 0.6) is 0 Å². The van der Waals surface area contributed by atoms with Crippen LogP contribution in [0.15, 0.2) is 48.8 Å². The summed E-state index contributed by atoms with van der Waals surface area (Å²) in [7, 11) is 0. The smallest absolute Gasteiger partial charge is 0.351 e. The summed E-state index contributed by atoms with van der Waals surface area (Å²) in [4.78, 5) is 29.6. The molecular weight excluding hydrogens is 371 g/mol. The maximum atomic E-state index is 13.1. The number of carbonyl (C=O) groups is 2. The second-order valence-electron chi connectivity index (χ2n) is 6.75. The maximum Gasteiger partial charge on any atom is 0.416 e. The number of likely N-dealkylation sites (tertiary alicyclic amines) is 1. The molecule has 0 unspecified atom stereocenters. The predicted octanol–water partition coefficient (Wildman–Crippen LogP) is 2.95. The van der Waals surface area contributed by atoms with E-state index in [2.05, 4.69) is 10.3 Å². The summed E-state index contributed by atoms with van der Waals surface area (Å²) in [6.07, 6.45) is -0.252. The highest BCUT2D eigenvalue weighted by Crippen LogP contribution is 2.32. The monoisotopic (exact) mass is 391 g/mol. The van der Waals surface area contributed by atoms with Crippen LogP contribution in [0.2, 0.25) is 0 Å². The number of hydrogen-bond acceptors (Lipinski definition) is 3. The molecule has 3 rings (SSSR count). The van der Waals surface area contributed by atoms with E-state index in [9.17, 15) is 22.8 Å². The fourth-order valence-electron chi connectivity index (χ4n) is 3.27. The summed E-state index contributed by atoms with van der Waals surface area (Å²) in [6.45, 7) is 0.0733. The Morgan fingerprint density at radius 1 is 1.18 bits per heavy atom. The number of aryl methyl sites for hydroxylation is 1. The highest BCUT2D eigenvalue weighted by Gasteiger charge is 2.35. The van der Waals surface area contributed by atoms with E-state index in [1.54, 1.807) is 12.4 Å². The average molecular weight is 391 g/mol. The number of alkyl halides is 3. The first-order chi connectivity index (χ1) is 13.3. The van der Waals surface area contributed by atoms with Gasteiger partial charge in [-0.05, 0) is 35.7 Å². The molecule has 1 saturated heterocycles. The first kappa shape index (κ1) is 19.9. The molecule has 1 atom stereocenters. The number of nitrogens with one attached hydrogen (secondary N) is 1. The predicted molar refractivity (Wildman–Crippen MR) is 96.0 cm³/mol. The molecular formula is C20H20F3N3O2. The van der Waals surface area contributed by atoms with E-state index in [1.807, 2.05) is 12.1 Å². The Hall–Kier alpha value is -2.90. The van der Waals surface area contributed by atoms with E-state index in [0.717, 1.165) is 11.6 Å². The zero-order valence-electron chi connectivity index (χ0n) is 15.1. The van der Waals surface area contributed by atoms with E-state index >= 15 is 0 Å². The zero-order valence-corrected chi connectivity index (χ0v) is 15.1. The van der Waals surface area contributed by atoms with E-state index in [-0.39, 0.29) is 43.3 Å². The molecule has 5 nitrogen and oxygen atoms in total. The van der Waals surface area contributed by atoms with Gasteiger partial charge in [-0.3, -0.25) is 14.6 Å². The molecule has 2 aromatic rings. The van der Waals surface area contributed by atoms with Crippen molar-refractivity contribution < 1.29 is 22.8 Å². The van der Waals surface area contributed by atoms with Crippen LogP contribution in [0.4, 0.5) is 13.2 Å². The molecule has 8 heteroatoms. The fourth-order valence-corrected chi connectivity index (χ4v) is 3.27. The Labute approximate surface area is 160 Å². The van der Waals surface area contributed by atoms with Gasteiger partial charge in [0.2, 0.25) is 11.8 Å². The lowest BCUT2D eigenvalue weighted by molar-refractivity contribution is -0.139. The second-order valence-corrected chi connectivity index (χ2v) is 6.75. The van der Waals surface area contributed by atoms with Gasteiger partial charge < -0.3 is 10.2 Å². The van der Waals surface area contributed by atoms with Gasteiger partial charge in [0.05, 0.1) is 11.6 Å². The molecule has 1 fully saturated rings. The van der Waals surface area contributed by atoms with Crippen molar-refractivity contribution in [1.82, 2.24) is 15.2 Å². The van der Waals surface area contributed by atoms with Crippen molar-refractivity contribution in [3.8, 4) is 0 Å². The van der Waals surface area contributed by atoms with Gasteiger partial charge in [0.15, 0.2) is 0 Å². The van der Waals surface area contributed by atoms with Crippen molar-refractivity contribution in [2.75, 3.05) is 6.54 Å². The van der Waals surface area contributed by atoms with Gasteiger partial charge in [0.25, 0.3) is 0 Å². The van der Waals surface area contributed by atoms with Gasteiger partial charge in [0.1, 0.15) is 0 Å². The minimum absolute atomic E-state index is 0.0491. The number of hydrogen-bond donors (Lipinski definition) is 1. The third-order valence-corrected chi connectivity index (χ3v) is 4.65. The Bertz CT molecular complexity index is 840. The third-order valence-electron chi connectivity index (χ3n) is 4.65. The number of aromatic nitrogens is 1. The number of rotatable bonds is 6. The van der Waals surface area contributed by atoms with Gasteiger partial charge in [-0.15, -0.1) is 0 Å². The number of halogens is 3. The molecule has 0 bridgehead atoms. The first-order valence-corrected chi connectivity index (χ1v) is 8.94. The van der Waals surface area contributed by atoms with Crippen LogP contribution in [0, 0.1) is 0 Å². The molecule has 0 spiro atoms. The molecule has 2 amide bonds. The van der Waals surface area contributed by atoms with Crippen molar-refractivity contribution in [1.29, 1.82) is 0 Å².